The van der Waals surface area contributed by atoms with Gasteiger partial charge in [0.15, 0.2) is 0 Å². The maximum atomic E-state index is 13.2. The smallest absolute Gasteiger partial charge is 0.238 e. The second kappa shape index (κ2) is 8.12. The van der Waals surface area contributed by atoms with E-state index in [0.29, 0.717) is 13.1 Å². The molecule has 1 aliphatic heterocycles. The summed E-state index contributed by atoms with van der Waals surface area (Å²) in [6, 6.07) is 11.9. The average molecular weight is 407 g/mol. The Hall–Kier alpha value is -1.70. The van der Waals surface area contributed by atoms with Gasteiger partial charge in [-0.2, -0.15) is 4.31 Å². The zero-order chi connectivity index (χ0) is 19.6. The molecule has 7 heteroatoms. The molecule has 1 aromatic carbocycles. The summed E-state index contributed by atoms with van der Waals surface area (Å²) in [5, 5.41) is 2.07. The SMILES string of the molecule is CC(C)CN(CC(=O)N1CCc2sccc2[C@H]1c1ccccc1)S(C)(=O)=O. The van der Waals surface area contributed by atoms with E-state index in [0.717, 1.165) is 17.5 Å². The zero-order valence-electron chi connectivity index (χ0n) is 16.0. The molecule has 0 radical (unpaired) electrons. The molecule has 146 valence electrons. The van der Waals surface area contributed by atoms with Crippen molar-refractivity contribution in [3.05, 3.63) is 57.8 Å². The van der Waals surface area contributed by atoms with Crippen LogP contribution in [-0.4, -0.2) is 49.4 Å². The van der Waals surface area contributed by atoms with Crippen molar-refractivity contribution in [2.45, 2.75) is 26.3 Å². The minimum Gasteiger partial charge on any atom is -0.330 e. The van der Waals surface area contributed by atoms with Gasteiger partial charge in [-0.1, -0.05) is 44.2 Å². The Morgan fingerprint density at radius 2 is 1.96 bits per heavy atom. The number of amides is 1. The number of sulfonamides is 1. The fourth-order valence-corrected chi connectivity index (χ4v) is 5.36. The summed E-state index contributed by atoms with van der Waals surface area (Å²) >= 11 is 1.72. The van der Waals surface area contributed by atoms with Crippen molar-refractivity contribution in [2.24, 2.45) is 5.92 Å². The molecule has 27 heavy (non-hydrogen) atoms. The van der Waals surface area contributed by atoms with Crippen molar-refractivity contribution < 1.29 is 13.2 Å². The fourth-order valence-electron chi connectivity index (χ4n) is 3.55. The zero-order valence-corrected chi connectivity index (χ0v) is 17.6. The van der Waals surface area contributed by atoms with Crippen LogP contribution in [0.25, 0.3) is 0 Å². The number of nitrogens with zero attached hydrogens (tertiary/aromatic N) is 2. The summed E-state index contributed by atoms with van der Waals surface area (Å²) in [6.07, 6.45) is 1.98. The van der Waals surface area contributed by atoms with Crippen LogP contribution in [0.1, 0.15) is 35.9 Å². The van der Waals surface area contributed by atoms with Gasteiger partial charge in [0, 0.05) is 18.0 Å². The largest absolute Gasteiger partial charge is 0.330 e. The second-order valence-corrected chi connectivity index (χ2v) is 10.4. The maximum absolute atomic E-state index is 13.2. The molecule has 0 unspecified atom stereocenters. The maximum Gasteiger partial charge on any atom is 0.238 e. The van der Waals surface area contributed by atoms with E-state index in [1.54, 1.807) is 11.3 Å². The highest BCUT2D eigenvalue weighted by atomic mass is 32.2. The first-order chi connectivity index (χ1) is 12.8. The molecular weight excluding hydrogens is 380 g/mol. The second-order valence-electron chi connectivity index (χ2n) is 7.40. The highest BCUT2D eigenvalue weighted by Crippen LogP contribution is 2.37. The number of fused-ring (bicyclic) bond motifs is 1. The first kappa shape index (κ1) is 20.0. The van der Waals surface area contributed by atoms with Crippen molar-refractivity contribution in [3.8, 4) is 0 Å². The number of rotatable bonds is 6. The van der Waals surface area contributed by atoms with E-state index in [1.807, 2.05) is 49.1 Å². The lowest BCUT2D eigenvalue weighted by Gasteiger charge is -2.37. The highest BCUT2D eigenvalue weighted by Gasteiger charge is 2.34. The van der Waals surface area contributed by atoms with Crippen molar-refractivity contribution in [2.75, 3.05) is 25.9 Å². The Balaban J connectivity index is 1.91. The number of benzene rings is 1. The number of carbonyl (C=O) groups excluding carboxylic acids is 1. The van der Waals surface area contributed by atoms with Gasteiger partial charge in [0.1, 0.15) is 0 Å². The van der Waals surface area contributed by atoms with Gasteiger partial charge in [-0.15, -0.1) is 11.3 Å². The van der Waals surface area contributed by atoms with Crippen LogP contribution in [-0.2, 0) is 21.2 Å². The molecule has 0 saturated carbocycles. The molecule has 0 fully saturated rings. The lowest BCUT2D eigenvalue weighted by molar-refractivity contribution is -0.133. The molecule has 0 spiro atoms. The lowest BCUT2D eigenvalue weighted by atomic mass is 9.93. The van der Waals surface area contributed by atoms with Crippen LogP contribution < -0.4 is 0 Å². The van der Waals surface area contributed by atoms with Crippen LogP contribution in [0.5, 0.6) is 0 Å². The van der Waals surface area contributed by atoms with Crippen LogP contribution in [0.3, 0.4) is 0 Å². The number of hydrogen-bond acceptors (Lipinski definition) is 4. The molecule has 0 bridgehead atoms. The van der Waals surface area contributed by atoms with E-state index in [2.05, 4.69) is 11.4 Å². The van der Waals surface area contributed by atoms with Gasteiger partial charge < -0.3 is 4.90 Å². The Kier molecular flexibility index (Phi) is 6.03. The molecule has 2 heterocycles. The average Bonchev–Trinajstić information content (AvgIpc) is 3.08. The molecule has 2 aromatic rings. The third-order valence-corrected chi connectivity index (χ3v) is 6.96. The summed E-state index contributed by atoms with van der Waals surface area (Å²) < 4.78 is 25.6. The van der Waals surface area contributed by atoms with E-state index < -0.39 is 10.0 Å². The van der Waals surface area contributed by atoms with E-state index in [9.17, 15) is 13.2 Å². The Bertz CT molecular complexity index is 891. The van der Waals surface area contributed by atoms with Crippen LogP contribution in [0, 0.1) is 5.92 Å². The van der Waals surface area contributed by atoms with Crippen LogP contribution in [0.2, 0.25) is 0 Å². The lowest BCUT2D eigenvalue weighted by Crippen LogP contribution is -2.47. The van der Waals surface area contributed by atoms with E-state index in [1.165, 1.54) is 15.4 Å². The number of carbonyl (C=O) groups is 1. The minimum atomic E-state index is -3.44. The van der Waals surface area contributed by atoms with Gasteiger partial charge in [-0.05, 0) is 34.9 Å². The molecule has 0 aliphatic carbocycles. The Morgan fingerprint density at radius 1 is 1.26 bits per heavy atom. The normalized spacial score (nSPS) is 17.4. The van der Waals surface area contributed by atoms with Gasteiger partial charge in [0.25, 0.3) is 0 Å². The fraction of sp³-hybridized carbons (Fsp3) is 0.450. The van der Waals surface area contributed by atoms with Crippen molar-refractivity contribution in [1.82, 2.24) is 9.21 Å². The predicted molar refractivity (Wildman–Crippen MR) is 109 cm³/mol. The topological polar surface area (TPSA) is 57.7 Å². The molecule has 1 aliphatic rings. The molecule has 0 N–H and O–H groups in total. The van der Waals surface area contributed by atoms with Crippen LogP contribution in [0.4, 0.5) is 0 Å². The highest BCUT2D eigenvalue weighted by molar-refractivity contribution is 7.88. The molecule has 1 aromatic heterocycles. The van der Waals surface area contributed by atoms with Gasteiger partial charge in [-0.3, -0.25) is 4.79 Å². The van der Waals surface area contributed by atoms with Crippen molar-refractivity contribution >= 4 is 27.3 Å². The van der Waals surface area contributed by atoms with Gasteiger partial charge in [-0.25, -0.2) is 8.42 Å². The van der Waals surface area contributed by atoms with E-state index in [4.69, 9.17) is 0 Å². The third kappa shape index (κ3) is 4.59. The number of hydrogen-bond donors (Lipinski definition) is 0. The van der Waals surface area contributed by atoms with E-state index in [-0.39, 0.29) is 24.4 Å². The van der Waals surface area contributed by atoms with Crippen LogP contribution >= 0.6 is 11.3 Å². The first-order valence-electron chi connectivity index (χ1n) is 9.13. The first-order valence-corrected chi connectivity index (χ1v) is 11.9. The minimum absolute atomic E-state index is 0.111. The quantitative estimate of drug-likeness (QED) is 0.741. The summed E-state index contributed by atoms with van der Waals surface area (Å²) in [5.41, 5.74) is 2.21. The molecule has 1 atom stereocenters. The standard InChI is InChI=1S/C20H26N2O3S2/c1-15(2)13-21(27(3,24)25)14-19(23)22-11-9-18-17(10-12-26-18)20(22)16-7-5-4-6-8-16/h4-8,10,12,15,20H,9,11,13-14H2,1-3H3/t20-/m1/s1. The van der Waals surface area contributed by atoms with Gasteiger partial charge in [0.2, 0.25) is 15.9 Å². The predicted octanol–water partition coefficient (Wildman–Crippen LogP) is 3.14. The Labute approximate surface area is 165 Å². The van der Waals surface area contributed by atoms with Crippen molar-refractivity contribution in [1.29, 1.82) is 0 Å². The van der Waals surface area contributed by atoms with E-state index >= 15 is 0 Å². The molecular formula is C20H26N2O3S2. The molecule has 3 rings (SSSR count). The summed E-state index contributed by atoms with van der Waals surface area (Å²) in [7, 11) is -3.44. The number of thiophene rings is 1. The Morgan fingerprint density at radius 3 is 2.59 bits per heavy atom. The molecule has 5 nitrogen and oxygen atoms in total. The molecule has 0 saturated heterocycles. The monoisotopic (exact) mass is 406 g/mol. The third-order valence-electron chi connectivity index (χ3n) is 4.75. The van der Waals surface area contributed by atoms with Gasteiger partial charge in [0.05, 0.1) is 18.8 Å². The summed E-state index contributed by atoms with van der Waals surface area (Å²) in [4.78, 5) is 16.3. The molecule has 1 amide bonds. The summed E-state index contributed by atoms with van der Waals surface area (Å²) in [5.74, 6) is 0.00838. The van der Waals surface area contributed by atoms with Crippen molar-refractivity contribution in [3.63, 3.8) is 0 Å². The van der Waals surface area contributed by atoms with Crippen LogP contribution in [0.15, 0.2) is 41.8 Å². The van der Waals surface area contributed by atoms with Gasteiger partial charge >= 0.3 is 0 Å². The summed E-state index contributed by atoms with van der Waals surface area (Å²) in [6.45, 7) is 4.74.